The van der Waals surface area contributed by atoms with Crippen molar-refractivity contribution in [1.82, 2.24) is 0 Å². The summed E-state index contributed by atoms with van der Waals surface area (Å²) in [6.45, 7) is 1.32. The Bertz CT molecular complexity index is 67.9. The SMILES string of the molecule is COCCC[N+](C)(C)[O-]. The summed E-state index contributed by atoms with van der Waals surface area (Å²) in [5.74, 6) is 0. The van der Waals surface area contributed by atoms with Gasteiger partial charge in [-0.1, -0.05) is 0 Å². The van der Waals surface area contributed by atoms with Crippen LogP contribution in [0.1, 0.15) is 6.42 Å². The molecule has 0 unspecified atom stereocenters. The maximum atomic E-state index is 10.9. The van der Waals surface area contributed by atoms with Gasteiger partial charge in [-0.25, -0.2) is 0 Å². The second kappa shape index (κ2) is 3.82. The molecule has 0 saturated carbocycles. The number of quaternary nitrogens is 1. The van der Waals surface area contributed by atoms with E-state index in [1.165, 1.54) is 0 Å². The van der Waals surface area contributed by atoms with Gasteiger partial charge in [-0.2, -0.15) is 0 Å². The van der Waals surface area contributed by atoms with Crippen molar-refractivity contribution in [2.75, 3.05) is 34.4 Å². The minimum atomic E-state index is -0.219. The Kier molecular flexibility index (Phi) is 3.77. The zero-order valence-corrected chi connectivity index (χ0v) is 6.39. The Labute approximate surface area is 56.4 Å². The summed E-state index contributed by atoms with van der Waals surface area (Å²) in [6.07, 6.45) is 0.840. The molecule has 0 rings (SSSR count). The second-order valence-electron chi connectivity index (χ2n) is 2.64. The number of methoxy groups -OCH3 is 1. The summed E-state index contributed by atoms with van der Waals surface area (Å²) >= 11 is 0. The molecule has 0 saturated heterocycles. The van der Waals surface area contributed by atoms with Crippen LogP contribution in [0.15, 0.2) is 0 Å². The number of nitrogens with zero attached hydrogens (tertiary/aromatic N) is 1. The predicted molar refractivity (Wildman–Crippen MR) is 36.8 cm³/mol. The third-order valence-electron chi connectivity index (χ3n) is 1.05. The minimum absolute atomic E-state index is 0.219. The third kappa shape index (κ3) is 7.88. The molecule has 0 bridgehead atoms. The van der Waals surface area contributed by atoms with Gasteiger partial charge in [0.15, 0.2) is 0 Å². The molecule has 0 aliphatic heterocycles. The molecular weight excluding hydrogens is 118 g/mol. The van der Waals surface area contributed by atoms with Crippen molar-refractivity contribution < 1.29 is 9.38 Å². The average Bonchev–Trinajstić information content (AvgIpc) is 1.63. The fraction of sp³-hybridized carbons (Fsp3) is 1.00. The zero-order valence-electron chi connectivity index (χ0n) is 6.39. The van der Waals surface area contributed by atoms with Crippen LogP contribution in [0, 0.1) is 5.21 Å². The van der Waals surface area contributed by atoms with E-state index in [2.05, 4.69) is 0 Å². The lowest BCUT2D eigenvalue weighted by Gasteiger charge is -2.33. The van der Waals surface area contributed by atoms with Crippen molar-refractivity contribution in [1.29, 1.82) is 0 Å². The highest BCUT2D eigenvalue weighted by molar-refractivity contribution is 4.33. The van der Waals surface area contributed by atoms with Gasteiger partial charge >= 0.3 is 0 Å². The zero-order chi connectivity index (χ0) is 7.33. The average molecular weight is 133 g/mol. The molecule has 0 fully saturated rings. The van der Waals surface area contributed by atoms with Crippen molar-refractivity contribution in [3.63, 3.8) is 0 Å². The molecule has 0 atom stereocenters. The molecule has 56 valence electrons. The van der Waals surface area contributed by atoms with Crippen molar-refractivity contribution >= 4 is 0 Å². The Hall–Kier alpha value is -0.120. The highest BCUT2D eigenvalue weighted by Gasteiger charge is 1.98. The van der Waals surface area contributed by atoms with E-state index in [4.69, 9.17) is 4.74 Å². The molecule has 0 aromatic heterocycles. The normalized spacial score (nSPS) is 12.0. The first kappa shape index (κ1) is 8.88. The van der Waals surface area contributed by atoms with E-state index in [0.29, 0.717) is 13.2 Å². The Morgan fingerprint density at radius 2 is 2.00 bits per heavy atom. The van der Waals surface area contributed by atoms with E-state index in [0.717, 1.165) is 6.42 Å². The van der Waals surface area contributed by atoms with Crippen LogP contribution in [-0.2, 0) is 4.74 Å². The van der Waals surface area contributed by atoms with Crippen molar-refractivity contribution in [2.24, 2.45) is 0 Å². The molecule has 0 aliphatic rings. The Morgan fingerprint density at radius 3 is 2.33 bits per heavy atom. The molecule has 0 aromatic carbocycles. The molecular formula is C6H15NO2. The second-order valence-corrected chi connectivity index (χ2v) is 2.64. The molecule has 0 aromatic rings. The first-order chi connectivity index (χ1) is 4.06. The minimum Gasteiger partial charge on any atom is -0.633 e. The molecule has 0 amide bonds. The van der Waals surface area contributed by atoms with E-state index in [9.17, 15) is 5.21 Å². The van der Waals surface area contributed by atoms with Crippen LogP contribution < -0.4 is 0 Å². The van der Waals surface area contributed by atoms with Crippen LogP contribution in [0.2, 0.25) is 0 Å². The van der Waals surface area contributed by atoms with Gasteiger partial charge in [0, 0.05) is 13.5 Å². The lowest BCUT2D eigenvalue weighted by atomic mass is 10.4. The van der Waals surface area contributed by atoms with Gasteiger partial charge in [0.25, 0.3) is 0 Å². The van der Waals surface area contributed by atoms with Gasteiger partial charge in [-0.05, 0) is 0 Å². The van der Waals surface area contributed by atoms with E-state index in [-0.39, 0.29) is 4.65 Å². The maximum Gasteiger partial charge on any atom is 0.0802 e. The molecule has 3 nitrogen and oxygen atoms in total. The van der Waals surface area contributed by atoms with Gasteiger partial charge in [-0.15, -0.1) is 0 Å². The van der Waals surface area contributed by atoms with Gasteiger partial charge in [0.1, 0.15) is 0 Å². The van der Waals surface area contributed by atoms with E-state index >= 15 is 0 Å². The molecule has 0 radical (unpaired) electrons. The van der Waals surface area contributed by atoms with Gasteiger partial charge in [0.2, 0.25) is 0 Å². The summed E-state index contributed by atoms with van der Waals surface area (Å²) in [7, 11) is 4.91. The molecule has 9 heavy (non-hydrogen) atoms. The number of ether oxygens (including phenoxy) is 1. The summed E-state index contributed by atoms with van der Waals surface area (Å²) in [6, 6.07) is 0. The first-order valence-electron chi connectivity index (χ1n) is 3.09. The van der Waals surface area contributed by atoms with Crippen molar-refractivity contribution in [3.05, 3.63) is 5.21 Å². The molecule has 0 spiro atoms. The quantitative estimate of drug-likeness (QED) is 0.319. The highest BCUT2D eigenvalue weighted by atomic mass is 16.5. The molecule has 0 aliphatic carbocycles. The summed E-state index contributed by atoms with van der Waals surface area (Å²) in [4.78, 5) is 0. The molecule has 3 heteroatoms. The number of hydroxylamine groups is 3. The lowest BCUT2D eigenvalue weighted by molar-refractivity contribution is -0.840. The van der Waals surface area contributed by atoms with Crippen LogP contribution >= 0.6 is 0 Å². The van der Waals surface area contributed by atoms with Gasteiger partial charge in [0.05, 0.1) is 27.2 Å². The fourth-order valence-corrected chi connectivity index (χ4v) is 0.590. The van der Waals surface area contributed by atoms with E-state index < -0.39 is 0 Å². The maximum absolute atomic E-state index is 10.9. The van der Waals surface area contributed by atoms with Gasteiger partial charge < -0.3 is 14.6 Å². The third-order valence-corrected chi connectivity index (χ3v) is 1.05. The summed E-state index contributed by atoms with van der Waals surface area (Å²) < 4.78 is 4.57. The largest absolute Gasteiger partial charge is 0.633 e. The molecule has 0 heterocycles. The lowest BCUT2D eigenvalue weighted by Crippen LogP contribution is -2.33. The number of hydrogen-bond acceptors (Lipinski definition) is 2. The smallest absolute Gasteiger partial charge is 0.0802 e. The standard InChI is InChI=1S/C6H15NO2/c1-7(2,8)5-4-6-9-3/h4-6H2,1-3H3. The van der Waals surface area contributed by atoms with Gasteiger partial charge in [-0.3, -0.25) is 0 Å². The Morgan fingerprint density at radius 1 is 1.44 bits per heavy atom. The van der Waals surface area contributed by atoms with Crippen LogP contribution in [0.4, 0.5) is 0 Å². The van der Waals surface area contributed by atoms with Crippen LogP contribution in [-0.4, -0.2) is 39.0 Å². The van der Waals surface area contributed by atoms with Crippen LogP contribution in [0.3, 0.4) is 0 Å². The summed E-state index contributed by atoms with van der Waals surface area (Å²) in [5, 5.41) is 10.9. The van der Waals surface area contributed by atoms with Crippen molar-refractivity contribution in [2.45, 2.75) is 6.42 Å². The molecule has 0 N–H and O–H groups in total. The number of rotatable bonds is 4. The number of hydrogen-bond donors (Lipinski definition) is 0. The first-order valence-corrected chi connectivity index (χ1v) is 3.09. The van der Waals surface area contributed by atoms with Crippen molar-refractivity contribution in [3.8, 4) is 0 Å². The van der Waals surface area contributed by atoms with Crippen LogP contribution in [0.25, 0.3) is 0 Å². The monoisotopic (exact) mass is 133 g/mol. The highest BCUT2D eigenvalue weighted by Crippen LogP contribution is 1.94. The predicted octanol–water partition coefficient (Wildman–Crippen LogP) is 0.597. The topological polar surface area (TPSA) is 32.3 Å². The Balaban J connectivity index is 3.07. The van der Waals surface area contributed by atoms with Crippen LogP contribution in [0.5, 0.6) is 0 Å². The van der Waals surface area contributed by atoms with E-state index in [1.807, 2.05) is 0 Å². The summed E-state index contributed by atoms with van der Waals surface area (Å²) in [5.41, 5.74) is 0. The fourth-order valence-electron chi connectivity index (χ4n) is 0.590. The van der Waals surface area contributed by atoms with E-state index in [1.54, 1.807) is 21.2 Å².